The smallest absolute Gasteiger partial charge is 0.257 e. The number of amides is 1. The molecule has 26 heavy (non-hydrogen) atoms. The molecule has 2 saturated heterocycles. The molecule has 4 rings (SSSR count). The molecule has 0 aromatic carbocycles. The highest BCUT2D eigenvalue weighted by Crippen LogP contribution is 2.36. The van der Waals surface area contributed by atoms with E-state index in [0.717, 1.165) is 43.6 Å². The third-order valence-electron chi connectivity index (χ3n) is 5.74. The molecule has 2 aliphatic heterocycles. The van der Waals surface area contributed by atoms with Crippen molar-refractivity contribution in [1.29, 1.82) is 0 Å². The average molecular weight is 375 g/mol. The van der Waals surface area contributed by atoms with E-state index >= 15 is 0 Å². The van der Waals surface area contributed by atoms with Crippen molar-refractivity contribution in [2.75, 3.05) is 13.1 Å². The van der Waals surface area contributed by atoms with Gasteiger partial charge in [-0.15, -0.1) is 21.5 Å². The minimum Gasteiger partial charge on any atom is -0.418 e. The van der Waals surface area contributed by atoms with Gasteiger partial charge in [0.25, 0.3) is 5.89 Å². The van der Waals surface area contributed by atoms with Crippen LogP contribution in [0, 0.1) is 0 Å². The van der Waals surface area contributed by atoms with Crippen LogP contribution in [0.5, 0.6) is 0 Å². The zero-order valence-corrected chi connectivity index (χ0v) is 16.2. The van der Waals surface area contributed by atoms with Crippen LogP contribution in [0.2, 0.25) is 0 Å². The lowest BCUT2D eigenvalue weighted by Crippen LogP contribution is -2.48. The fourth-order valence-electron chi connectivity index (χ4n) is 4.46. The summed E-state index contributed by atoms with van der Waals surface area (Å²) in [5, 5.41) is 10.6. The predicted octanol–water partition coefficient (Wildman–Crippen LogP) is 3.72. The zero-order valence-electron chi connectivity index (χ0n) is 15.4. The molecule has 7 heteroatoms. The fourth-order valence-corrected chi connectivity index (χ4v) is 5.10. The molecule has 0 spiro atoms. The molecule has 6 nitrogen and oxygen atoms in total. The number of nitrogens with zero attached hydrogens (tertiary/aromatic N) is 4. The third kappa shape index (κ3) is 3.18. The summed E-state index contributed by atoms with van der Waals surface area (Å²) in [4.78, 5) is 17.9. The second kappa shape index (κ2) is 7.48. The Morgan fingerprint density at radius 2 is 2.12 bits per heavy atom. The van der Waals surface area contributed by atoms with E-state index in [2.05, 4.69) is 26.9 Å². The van der Waals surface area contributed by atoms with Crippen molar-refractivity contribution in [2.45, 2.75) is 64.1 Å². The summed E-state index contributed by atoms with van der Waals surface area (Å²) in [5.41, 5.74) is 0. The summed E-state index contributed by atoms with van der Waals surface area (Å²) in [6, 6.07) is 4.77. The van der Waals surface area contributed by atoms with Gasteiger partial charge in [0.2, 0.25) is 11.8 Å². The van der Waals surface area contributed by atoms with Crippen molar-refractivity contribution < 1.29 is 9.21 Å². The van der Waals surface area contributed by atoms with Crippen molar-refractivity contribution >= 4 is 17.2 Å². The summed E-state index contributed by atoms with van der Waals surface area (Å²) < 4.78 is 5.97. The van der Waals surface area contributed by atoms with E-state index in [0.29, 0.717) is 30.3 Å². The van der Waals surface area contributed by atoms with Gasteiger partial charge in [-0.2, -0.15) is 0 Å². The largest absolute Gasteiger partial charge is 0.418 e. The standard InChI is InChI=1S/C19H26N4O2S/c1-3-17(24)23-11-5-8-15(23)14-7-4-10-22(14)13(2)18-20-21-19(25-18)16-9-6-12-26-16/h6,9,12-15H,3-5,7-8,10-11H2,1-2H3/t13-,14+,15+/m0/s1. The van der Waals surface area contributed by atoms with Gasteiger partial charge in [0.05, 0.1) is 10.9 Å². The zero-order chi connectivity index (χ0) is 18.1. The van der Waals surface area contributed by atoms with Crippen LogP contribution in [-0.2, 0) is 4.79 Å². The highest BCUT2D eigenvalue weighted by Gasteiger charge is 2.41. The van der Waals surface area contributed by atoms with Gasteiger partial charge in [0, 0.05) is 25.0 Å². The van der Waals surface area contributed by atoms with Crippen molar-refractivity contribution in [1.82, 2.24) is 20.0 Å². The minimum atomic E-state index is 0.0721. The number of aromatic nitrogens is 2. The number of hydrogen-bond donors (Lipinski definition) is 0. The lowest BCUT2D eigenvalue weighted by atomic mass is 10.0. The van der Waals surface area contributed by atoms with Crippen molar-refractivity contribution in [3.63, 3.8) is 0 Å². The molecule has 2 aliphatic rings. The second-order valence-electron chi connectivity index (χ2n) is 7.20. The van der Waals surface area contributed by atoms with E-state index in [-0.39, 0.29) is 11.9 Å². The lowest BCUT2D eigenvalue weighted by Gasteiger charge is -2.37. The van der Waals surface area contributed by atoms with Crippen LogP contribution in [0.3, 0.4) is 0 Å². The Morgan fingerprint density at radius 1 is 1.31 bits per heavy atom. The molecule has 0 saturated carbocycles. The molecule has 4 heterocycles. The summed E-state index contributed by atoms with van der Waals surface area (Å²) >= 11 is 1.61. The maximum atomic E-state index is 12.3. The first-order chi connectivity index (χ1) is 12.7. The maximum Gasteiger partial charge on any atom is 0.257 e. The predicted molar refractivity (Wildman–Crippen MR) is 101 cm³/mol. The SMILES string of the molecule is CCC(=O)N1CCC[C@@H]1[C@H]1CCCN1[C@@H](C)c1nnc(-c2cccs2)o1. The topological polar surface area (TPSA) is 62.5 Å². The Labute approximate surface area is 158 Å². The van der Waals surface area contributed by atoms with Gasteiger partial charge >= 0.3 is 0 Å². The number of carbonyl (C=O) groups is 1. The fraction of sp³-hybridized carbons (Fsp3) is 0.632. The minimum absolute atomic E-state index is 0.0721. The summed E-state index contributed by atoms with van der Waals surface area (Å²) in [6.45, 7) is 6.02. The van der Waals surface area contributed by atoms with E-state index in [4.69, 9.17) is 4.42 Å². The molecular formula is C19H26N4O2S. The first-order valence-corrected chi connectivity index (χ1v) is 10.5. The summed E-state index contributed by atoms with van der Waals surface area (Å²) in [5.74, 6) is 1.55. The third-order valence-corrected chi connectivity index (χ3v) is 6.59. The summed E-state index contributed by atoms with van der Waals surface area (Å²) in [7, 11) is 0. The molecule has 1 amide bonds. The van der Waals surface area contributed by atoms with E-state index < -0.39 is 0 Å². The van der Waals surface area contributed by atoms with Crippen molar-refractivity contribution in [3.8, 4) is 10.8 Å². The maximum absolute atomic E-state index is 12.3. The van der Waals surface area contributed by atoms with Gasteiger partial charge in [-0.25, -0.2) is 0 Å². The second-order valence-corrected chi connectivity index (χ2v) is 8.14. The molecule has 140 valence electrons. The van der Waals surface area contributed by atoms with Crippen molar-refractivity contribution in [3.05, 3.63) is 23.4 Å². The molecule has 0 radical (unpaired) electrons. The van der Waals surface area contributed by atoms with Crippen LogP contribution >= 0.6 is 11.3 Å². The monoisotopic (exact) mass is 374 g/mol. The highest BCUT2D eigenvalue weighted by molar-refractivity contribution is 7.13. The van der Waals surface area contributed by atoms with Gasteiger partial charge in [-0.3, -0.25) is 9.69 Å². The van der Waals surface area contributed by atoms with Crippen LogP contribution in [0.4, 0.5) is 0 Å². The van der Waals surface area contributed by atoms with E-state index in [1.165, 1.54) is 0 Å². The first kappa shape index (κ1) is 17.7. The molecule has 0 unspecified atom stereocenters. The van der Waals surface area contributed by atoms with Crippen molar-refractivity contribution in [2.24, 2.45) is 0 Å². The van der Waals surface area contributed by atoms with Crippen LogP contribution in [0.25, 0.3) is 10.8 Å². The number of carbonyl (C=O) groups excluding carboxylic acids is 1. The van der Waals surface area contributed by atoms with Gasteiger partial charge in [0.1, 0.15) is 0 Å². The Morgan fingerprint density at radius 3 is 2.88 bits per heavy atom. The normalized spacial score (nSPS) is 25.1. The number of thiophene rings is 1. The van der Waals surface area contributed by atoms with Crippen LogP contribution < -0.4 is 0 Å². The van der Waals surface area contributed by atoms with E-state index in [1.807, 2.05) is 24.4 Å². The molecule has 2 fully saturated rings. The number of hydrogen-bond acceptors (Lipinski definition) is 6. The van der Waals surface area contributed by atoms with Gasteiger partial charge in [-0.1, -0.05) is 13.0 Å². The molecule has 0 N–H and O–H groups in total. The Hall–Kier alpha value is -1.73. The Bertz CT molecular complexity index is 745. The quantitative estimate of drug-likeness (QED) is 0.798. The number of rotatable bonds is 5. The average Bonchev–Trinajstić information content (AvgIpc) is 3.45. The van der Waals surface area contributed by atoms with Crippen LogP contribution in [-0.4, -0.2) is 51.1 Å². The van der Waals surface area contributed by atoms with Crippen LogP contribution in [0.1, 0.15) is 57.9 Å². The molecule has 0 aliphatic carbocycles. The lowest BCUT2D eigenvalue weighted by molar-refractivity contribution is -0.132. The molecule has 0 bridgehead atoms. The summed E-state index contributed by atoms with van der Waals surface area (Å²) in [6.07, 6.45) is 5.09. The van der Waals surface area contributed by atoms with E-state index in [9.17, 15) is 4.79 Å². The van der Waals surface area contributed by atoms with E-state index in [1.54, 1.807) is 11.3 Å². The molecular weight excluding hydrogens is 348 g/mol. The highest BCUT2D eigenvalue weighted by atomic mass is 32.1. The van der Waals surface area contributed by atoms with Crippen LogP contribution in [0.15, 0.2) is 21.9 Å². The Balaban J connectivity index is 1.52. The van der Waals surface area contributed by atoms with Gasteiger partial charge < -0.3 is 9.32 Å². The molecule has 3 atom stereocenters. The Kier molecular flexibility index (Phi) is 5.09. The molecule has 2 aromatic heterocycles. The first-order valence-electron chi connectivity index (χ1n) is 9.61. The van der Waals surface area contributed by atoms with Gasteiger partial charge in [0.15, 0.2) is 0 Å². The number of likely N-dealkylation sites (tertiary alicyclic amines) is 2. The van der Waals surface area contributed by atoms with Gasteiger partial charge in [-0.05, 0) is 50.6 Å². The molecule has 2 aromatic rings.